The normalized spacial score (nSPS) is 26.8. The molecule has 15 heteroatoms. The average molecular weight is 573 g/mol. The summed E-state index contributed by atoms with van der Waals surface area (Å²) in [5, 5.41) is 17.3. The first-order valence-electron chi connectivity index (χ1n) is 12.6. The van der Waals surface area contributed by atoms with Crippen LogP contribution < -0.4 is 15.8 Å². The highest BCUT2D eigenvalue weighted by atomic mass is 19.4. The van der Waals surface area contributed by atoms with E-state index in [4.69, 9.17) is 15.5 Å². The molecule has 4 N–H and O–H groups in total. The summed E-state index contributed by atoms with van der Waals surface area (Å²) in [6.45, 7) is -3.09. The van der Waals surface area contributed by atoms with Crippen LogP contribution in [0, 0.1) is 0 Å². The number of carbonyl (C=O) groups is 1. The van der Waals surface area contributed by atoms with Crippen LogP contribution in [-0.4, -0.2) is 54.0 Å². The van der Waals surface area contributed by atoms with E-state index < -0.39 is 54.6 Å². The van der Waals surface area contributed by atoms with Crippen LogP contribution in [0.3, 0.4) is 0 Å². The van der Waals surface area contributed by atoms with Crippen LogP contribution in [0.5, 0.6) is 5.75 Å². The van der Waals surface area contributed by atoms with Gasteiger partial charge in [0.05, 0.1) is 23.0 Å². The number of amides is 1. The SMILES string of the molecule is NC1(c2ncc(-c3ccn4nc5c(c4n3)C3CC5NC(=O)c4cccc(OC(F)F)c43)cn2)CC(O)(C(F)(F)F)C1. The van der Waals surface area contributed by atoms with Gasteiger partial charge in [-0.05, 0) is 24.6 Å². The number of nitrogens with one attached hydrogen (secondary N) is 1. The largest absolute Gasteiger partial charge is 0.434 e. The zero-order chi connectivity index (χ0) is 28.9. The van der Waals surface area contributed by atoms with Crippen molar-refractivity contribution in [3.05, 3.63) is 71.1 Å². The molecule has 4 heterocycles. The molecule has 3 aliphatic rings. The van der Waals surface area contributed by atoms with Crippen LogP contribution in [0.2, 0.25) is 0 Å². The number of carbonyl (C=O) groups excluding carboxylic acids is 1. The van der Waals surface area contributed by atoms with E-state index in [0.29, 0.717) is 40.1 Å². The molecule has 2 bridgehead atoms. The Labute approximate surface area is 227 Å². The van der Waals surface area contributed by atoms with Crippen LogP contribution in [0.15, 0.2) is 42.9 Å². The molecular formula is C26H20F5N7O3. The Balaban J connectivity index is 1.26. The number of nitrogens with two attached hydrogens (primary N) is 1. The molecule has 41 heavy (non-hydrogen) atoms. The van der Waals surface area contributed by atoms with Crippen molar-refractivity contribution in [2.75, 3.05) is 0 Å². The number of aliphatic hydroxyl groups is 1. The lowest BCUT2D eigenvalue weighted by molar-refractivity contribution is -0.304. The van der Waals surface area contributed by atoms with Gasteiger partial charge in [0.25, 0.3) is 5.91 Å². The van der Waals surface area contributed by atoms with E-state index in [9.17, 15) is 31.9 Å². The molecule has 2 aliphatic carbocycles. The van der Waals surface area contributed by atoms with E-state index in [-0.39, 0.29) is 17.1 Å². The van der Waals surface area contributed by atoms with Crippen LogP contribution >= 0.6 is 0 Å². The number of rotatable bonds is 4. The molecule has 7 rings (SSSR count). The van der Waals surface area contributed by atoms with E-state index in [1.54, 1.807) is 18.3 Å². The maximum absolute atomic E-state index is 13.2. The molecule has 0 saturated heterocycles. The van der Waals surface area contributed by atoms with Gasteiger partial charge in [0, 0.05) is 59.6 Å². The monoisotopic (exact) mass is 573 g/mol. The maximum Gasteiger partial charge on any atom is 0.417 e. The van der Waals surface area contributed by atoms with Crippen molar-refractivity contribution in [3.63, 3.8) is 0 Å². The average Bonchev–Trinajstić information content (AvgIpc) is 3.39. The van der Waals surface area contributed by atoms with Crippen molar-refractivity contribution in [2.24, 2.45) is 5.73 Å². The van der Waals surface area contributed by atoms with Crippen molar-refractivity contribution in [3.8, 4) is 17.0 Å². The minimum Gasteiger partial charge on any atom is -0.434 e. The van der Waals surface area contributed by atoms with Crippen LogP contribution in [0.1, 0.15) is 64.2 Å². The summed E-state index contributed by atoms with van der Waals surface area (Å²) in [7, 11) is 0. The molecule has 4 aromatic rings. The second-order valence-electron chi connectivity index (χ2n) is 10.6. The molecule has 0 spiro atoms. The lowest BCUT2D eigenvalue weighted by Crippen LogP contribution is -2.66. The molecule has 1 aromatic carbocycles. The summed E-state index contributed by atoms with van der Waals surface area (Å²) in [4.78, 5) is 26.0. The summed E-state index contributed by atoms with van der Waals surface area (Å²) in [5.74, 6) is -1.07. The molecule has 0 radical (unpaired) electrons. The fraction of sp³-hybridized carbons (Fsp3) is 0.346. The number of halogens is 5. The number of benzene rings is 1. The van der Waals surface area contributed by atoms with E-state index >= 15 is 0 Å². The zero-order valence-electron chi connectivity index (χ0n) is 20.9. The highest BCUT2D eigenvalue weighted by Gasteiger charge is 2.67. The lowest BCUT2D eigenvalue weighted by Gasteiger charge is -2.50. The van der Waals surface area contributed by atoms with Gasteiger partial charge in [0.15, 0.2) is 11.2 Å². The van der Waals surface area contributed by atoms with Gasteiger partial charge in [-0.25, -0.2) is 19.5 Å². The van der Waals surface area contributed by atoms with Crippen molar-refractivity contribution in [2.45, 2.75) is 55.1 Å². The Hall–Kier alpha value is -4.24. The number of ether oxygens (including phenoxy) is 1. The summed E-state index contributed by atoms with van der Waals surface area (Å²) in [5.41, 5.74) is 4.70. The molecule has 212 valence electrons. The van der Waals surface area contributed by atoms with Crippen molar-refractivity contribution >= 4 is 11.6 Å². The molecule has 2 atom stereocenters. The Bertz CT molecular complexity index is 1720. The first-order valence-corrected chi connectivity index (χ1v) is 12.6. The first kappa shape index (κ1) is 25.7. The van der Waals surface area contributed by atoms with Gasteiger partial charge in [0.1, 0.15) is 11.6 Å². The number of fused-ring (bicyclic) bond motifs is 9. The Morgan fingerprint density at radius 2 is 1.88 bits per heavy atom. The third kappa shape index (κ3) is 3.79. The number of nitrogens with zero attached hydrogens (tertiary/aromatic N) is 5. The van der Waals surface area contributed by atoms with Gasteiger partial charge in [0.2, 0.25) is 0 Å². The summed E-state index contributed by atoms with van der Waals surface area (Å²) < 4.78 is 72.1. The number of aromatic nitrogens is 5. The molecule has 1 saturated carbocycles. The van der Waals surface area contributed by atoms with Gasteiger partial charge >= 0.3 is 12.8 Å². The summed E-state index contributed by atoms with van der Waals surface area (Å²) in [6, 6.07) is 5.58. The van der Waals surface area contributed by atoms with E-state index in [2.05, 4.69) is 20.4 Å². The second-order valence-corrected chi connectivity index (χ2v) is 10.6. The number of hydrogen-bond donors (Lipinski definition) is 3. The van der Waals surface area contributed by atoms with Gasteiger partial charge in [-0.1, -0.05) is 6.07 Å². The molecular weight excluding hydrogens is 553 g/mol. The van der Waals surface area contributed by atoms with Gasteiger partial charge in [-0.3, -0.25) is 4.79 Å². The predicted octanol–water partition coefficient (Wildman–Crippen LogP) is 3.35. The van der Waals surface area contributed by atoms with Crippen LogP contribution in [0.4, 0.5) is 22.0 Å². The van der Waals surface area contributed by atoms with E-state index in [0.717, 1.165) is 0 Å². The fourth-order valence-corrected chi connectivity index (χ4v) is 6.17. The summed E-state index contributed by atoms with van der Waals surface area (Å²) >= 11 is 0. The van der Waals surface area contributed by atoms with Crippen molar-refractivity contribution < 1.29 is 36.6 Å². The Kier molecular flexibility index (Phi) is 5.26. The molecule has 1 aliphatic heterocycles. The third-order valence-corrected chi connectivity index (χ3v) is 8.02. The Morgan fingerprint density at radius 3 is 2.56 bits per heavy atom. The third-order valence-electron chi connectivity index (χ3n) is 8.02. The topological polar surface area (TPSA) is 141 Å². The van der Waals surface area contributed by atoms with Crippen molar-refractivity contribution in [1.29, 1.82) is 0 Å². The maximum atomic E-state index is 13.2. The smallest absolute Gasteiger partial charge is 0.417 e. The molecule has 1 amide bonds. The predicted molar refractivity (Wildman–Crippen MR) is 130 cm³/mol. The fourth-order valence-electron chi connectivity index (χ4n) is 6.17. The highest BCUT2D eigenvalue weighted by Crippen LogP contribution is 2.53. The number of hydrogen-bond acceptors (Lipinski definition) is 8. The van der Waals surface area contributed by atoms with E-state index in [1.165, 1.54) is 29.0 Å². The molecule has 10 nitrogen and oxygen atoms in total. The minimum atomic E-state index is -4.81. The molecule has 1 fully saturated rings. The van der Waals surface area contributed by atoms with Crippen molar-refractivity contribution in [1.82, 2.24) is 29.9 Å². The van der Waals surface area contributed by atoms with Gasteiger partial charge in [-0.15, -0.1) is 0 Å². The summed E-state index contributed by atoms with van der Waals surface area (Å²) in [6.07, 6.45) is -1.55. The quantitative estimate of drug-likeness (QED) is 0.316. The standard InChI is InChI=1S/C26H20F5N7O3/c27-23(28)41-16-3-1-2-12-17(16)13-6-15(36-21(12)39)19-18(13)20-35-14(4-5-38(20)37-19)11-7-33-22(34-8-11)24(32)9-25(40,10-24)26(29,30)31/h1-5,7-8,13,15,23,40H,6,9-10,32H2,(H,36,39). The molecule has 2 unspecified atom stereocenters. The van der Waals surface area contributed by atoms with Gasteiger partial charge < -0.3 is 20.9 Å². The van der Waals surface area contributed by atoms with Crippen LogP contribution in [-0.2, 0) is 5.54 Å². The van der Waals surface area contributed by atoms with E-state index in [1.807, 2.05) is 0 Å². The second kappa shape index (κ2) is 8.39. The zero-order valence-corrected chi connectivity index (χ0v) is 20.9. The highest BCUT2D eigenvalue weighted by molar-refractivity contribution is 5.98. The first-order chi connectivity index (χ1) is 19.4. The number of alkyl halides is 5. The molecule has 3 aromatic heterocycles. The lowest BCUT2D eigenvalue weighted by atomic mass is 9.64. The van der Waals surface area contributed by atoms with Crippen LogP contribution in [0.25, 0.3) is 16.9 Å². The van der Waals surface area contributed by atoms with Gasteiger partial charge in [-0.2, -0.15) is 27.1 Å². The minimum absolute atomic E-state index is 0.0366. The Morgan fingerprint density at radius 1 is 1.15 bits per heavy atom.